The molecule has 1 aromatic heterocycles. The van der Waals surface area contributed by atoms with Gasteiger partial charge in [0.05, 0.1) is 5.69 Å². The standard InChI is InChI=1S/C12H15N3O2/c1-17-12(16)11-10(15-6-2-3-7-15)5-4-9(8-13)14-11/h4-5,12,16H,2-3,6-7H2,1H3/t12-/m1/s1. The smallest absolute Gasteiger partial charge is 0.200 e. The Hall–Kier alpha value is -1.64. The molecule has 0 unspecified atom stereocenters. The molecule has 2 rings (SSSR count). The summed E-state index contributed by atoms with van der Waals surface area (Å²) >= 11 is 0. The largest absolute Gasteiger partial charge is 0.370 e. The van der Waals surface area contributed by atoms with E-state index >= 15 is 0 Å². The van der Waals surface area contributed by atoms with Crippen molar-refractivity contribution >= 4 is 5.69 Å². The fourth-order valence-electron chi connectivity index (χ4n) is 2.05. The Morgan fingerprint density at radius 2 is 2.18 bits per heavy atom. The number of rotatable bonds is 3. The molecule has 1 aliphatic rings. The highest BCUT2D eigenvalue weighted by Crippen LogP contribution is 2.28. The van der Waals surface area contributed by atoms with Crippen LogP contribution in [0.4, 0.5) is 5.69 Å². The molecule has 1 fully saturated rings. The number of hydrogen-bond acceptors (Lipinski definition) is 5. The number of pyridine rings is 1. The van der Waals surface area contributed by atoms with Gasteiger partial charge in [0.25, 0.3) is 0 Å². The molecule has 1 saturated heterocycles. The molecule has 1 atom stereocenters. The van der Waals surface area contributed by atoms with Crippen LogP contribution in [-0.2, 0) is 4.74 Å². The van der Waals surface area contributed by atoms with E-state index in [1.165, 1.54) is 7.11 Å². The minimum absolute atomic E-state index is 0.291. The first-order chi connectivity index (χ1) is 8.26. The van der Waals surface area contributed by atoms with Gasteiger partial charge in [-0.05, 0) is 25.0 Å². The quantitative estimate of drug-likeness (QED) is 0.794. The van der Waals surface area contributed by atoms with Crippen molar-refractivity contribution in [2.75, 3.05) is 25.1 Å². The zero-order chi connectivity index (χ0) is 12.3. The van der Waals surface area contributed by atoms with E-state index in [1.54, 1.807) is 6.07 Å². The number of anilines is 1. The molecule has 17 heavy (non-hydrogen) atoms. The van der Waals surface area contributed by atoms with Gasteiger partial charge in [-0.2, -0.15) is 5.26 Å². The Kier molecular flexibility index (Phi) is 3.57. The van der Waals surface area contributed by atoms with Crippen molar-refractivity contribution in [2.24, 2.45) is 0 Å². The Balaban J connectivity index is 2.39. The highest BCUT2D eigenvalue weighted by Gasteiger charge is 2.21. The number of hydrogen-bond donors (Lipinski definition) is 1. The van der Waals surface area contributed by atoms with Crippen molar-refractivity contribution in [1.82, 2.24) is 4.98 Å². The topological polar surface area (TPSA) is 69.4 Å². The second kappa shape index (κ2) is 5.13. The lowest BCUT2D eigenvalue weighted by atomic mass is 10.2. The van der Waals surface area contributed by atoms with Gasteiger partial charge in [-0.3, -0.25) is 0 Å². The highest BCUT2D eigenvalue weighted by atomic mass is 16.6. The maximum Gasteiger partial charge on any atom is 0.200 e. The zero-order valence-corrected chi connectivity index (χ0v) is 9.76. The van der Waals surface area contributed by atoms with Crippen LogP contribution in [0, 0.1) is 11.3 Å². The summed E-state index contributed by atoms with van der Waals surface area (Å²) in [4.78, 5) is 6.29. The summed E-state index contributed by atoms with van der Waals surface area (Å²) in [5.41, 5.74) is 1.57. The summed E-state index contributed by atoms with van der Waals surface area (Å²) in [6.45, 7) is 1.91. The van der Waals surface area contributed by atoms with Gasteiger partial charge in [0.1, 0.15) is 17.5 Å². The number of nitriles is 1. The zero-order valence-electron chi connectivity index (χ0n) is 9.76. The van der Waals surface area contributed by atoms with Crippen molar-refractivity contribution in [3.8, 4) is 6.07 Å². The second-order valence-electron chi connectivity index (χ2n) is 3.99. The summed E-state index contributed by atoms with van der Waals surface area (Å²) in [7, 11) is 1.42. The molecule has 90 valence electrons. The van der Waals surface area contributed by atoms with Crippen molar-refractivity contribution in [3.05, 3.63) is 23.5 Å². The Morgan fingerprint density at radius 3 is 2.76 bits per heavy atom. The van der Waals surface area contributed by atoms with Crippen LogP contribution in [0.15, 0.2) is 12.1 Å². The first-order valence-corrected chi connectivity index (χ1v) is 5.63. The Bertz CT molecular complexity index is 436. The molecule has 0 aliphatic carbocycles. The first-order valence-electron chi connectivity index (χ1n) is 5.63. The maximum atomic E-state index is 9.77. The van der Waals surface area contributed by atoms with Crippen LogP contribution >= 0.6 is 0 Å². The predicted molar refractivity (Wildman–Crippen MR) is 62.4 cm³/mol. The third-order valence-electron chi connectivity index (χ3n) is 2.92. The molecule has 1 aromatic rings. The summed E-state index contributed by atoms with van der Waals surface area (Å²) < 4.78 is 4.89. The lowest BCUT2D eigenvalue weighted by Gasteiger charge is -2.22. The molecular formula is C12H15N3O2. The number of aliphatic hydroxyl groups excluding tert-OH is 1. The third kappa shape index (κ3) is 2.38. The maximum absolute atomic E-state index is 9.77. The molecule has 0 aromatic carbocycles. The number of ether oxygens (including phenoxy) is 1. The van der Waals surface area contributed by atoms with Crippen LogP contribution < -0.4 is 4.90 Å². The minimum atomic E-state index is -1.08. The van der Waals surface area contributed by atoms with E-state index < -0.39 is 6.29 Å². The van der Waals surface area contributed by atoms with E-state index in [9.17, 15) is 5.11 Å². The van der Waals surface area contributed by atoms with Gasteiger partial charge >= 0.3 is 0 Å². The SMILES string of the molecule is CO[C@@H](O)c1nc(C#N)ccc1N1CCCC1. The minimum Gasteiger partial charge on any atom is -0.370 e. The van der Waals surface area contributed by atoms with E-state index in [1.807, 2.05) is 12.1 Å². The van der Waals surface area contributed by atoms with E-state index in [-0.39, 0.29) is 0 Å². The van der Waals surface area contributed by atoms with Crippen molar-refractivity contribution in [2.45, 2.75) is 19.1 Å². The molecule has 0 spiro atoms. The van der Waals surface area contributed by atoms with Gasteiger partial charge in [-0.1, -0.05) is 0 Å². The number of nitrogens with zero attached hydrogens (tertiary/aromatic N) is 3. The molecule has 1 aliphatic heterocycles. The molecule has 0 radical (unpaired) electrons. The monoisotopic (exact) mass is 233 g/mol. The van der Waals surface area contributed by atoms with Crippen LogP contribution in [0.5, 0.6) is 0 Å². The lowest BCUT2D eigenvalue weighted by Crippen LogP contribution is -2.21. The predicted octanol–water partition coefficient (Wildman–Crippen LogP) is 1.19. The summed E-state index contributed by atoms with van der Waals surface area (Å²) in [5.74, 6) is 0. The van der Waals surface area contributed by atoms with Crippen LogP contribution in [0.25, 0.3) is 0 Å². The van der Waals surface area contributed by atoms with Crippen LogP contribution in [0.1, 0.15) is 30.5 Å². The van der Waals surface area contributed by atoms with Gasteiger partial charge < -0.3 is 14.7 Å². The Labute approximate surface area is 100 Å². The van der Waals surface area contributed by atoms with Crippen molar-refractivity contribution < 1.29 is 9.84 Å². The average Bonchev–Trinajstić information content (AvgIpc) is 2.90. The first kappa shape index (κ1) is 11.8. The van der Waals surface area contributed by atoms with Gasteiger partial charge in [-0.15, -0.1) is 0 Å². The average molecular weight is 233 g/mol. The van der Waals surface area contributed by atoms with E-state index in [0.29, 0.717) is 11.4 Å². The van der Waals surface area contributed by atoms with E-state index in [2.05, 4.69) is 9.88 Å². The molecule has 0 saturated carbocycles. The molecule has 5 nitrogen and oxygen atoms in total. The Morgan fingerprint density at radius 1 is 1.47 bits per heavy atom. The van der Waals surface area contributed by atoms with E-state index in [0.717, 1.165) is 31.6 Å². The molecule has 0 bridgehead atoms. The number of aliphatic hydroxyl groups is 1. The molecule has 0 amide bonds. The molecule has 1 N–H and O–H groups in total. The van der Waals surface area contributed by atoms with Gasteiger partial charge in [0, 0.05) is 20.2 Å². The number of aromatic nitrogens is 1. The van der Waals surface area contributed by atoms with Crippen molar-refractivity contribution in [1.29, 1.82) is 5.26 Å². The number of methoxy groups -OCH3 is 1. The summed E-state index contributed by atoms with van der Waals surface area (Å²) in [6, 6.07) is 5.46. The molecule has 2 heterocycles. The highest BCUT2D eigenvalue weighted by molar-refractivity contribution is 5.53. The fourth-order valence-corrected chi connectivity index (χ4v) is 2.05. The van der Waals surface area contributed by atoms with Crippen molar-refractivity contribution in [3.63, 3.8) is 0 Å². The van der Waals surface area contributed by atoms with Gasteiger partial charge in [0.15, 0.2) is 6.29 Å². The van der Waals surface area contributed by atoms with Gasteiger partial charge in [-0.25, -0.2) is 4.98 Å². The van der Waals surface area contributed by atoms with Crippen LogP contribution in [0.2, 0.25) is 0 Å². The second-order valence-corrected chi connectivity index (χ2v) is 3.99. The third-order valence-corrected chi connectivity index (χ3v) is 2.92. The van der Waals surface area contributed by atoms with Crippen LogP contribution in [-0.4, -0.2) is 30.3 Å². The molecule has 5 heteroatoms. The molecular weight excluding hydrogens is 218 g/mol. The summed E-state index contributed by atoms with van der Waals surface area (Å²) in [6.07, 6.45) is 1.20. The summed E-state index contributed by atoms with van der Waals surface area (Å²) in [5, 5.41) is 18.6. The normalized spacial score (nSPS) is 16.9. The lowest BCUT2D eigenvalue weighted by molar-refractivity contribution is -0.0795. The van der Waals surface area contributed by atoms with E-state index in [4.69, 9.17) is 10.00 Å². The fraction of sp³-hybridized carbons (Fsp3) is 0.500. The van der Waals surface area contributed by atoms with Crippen LogP contribution in [0.3, 0.4) is 0 Å². The van der Waals surface area contributed by atoms with Gasteiger partial charge in [0.2, 0.25) is 0 Å².